The highest BCUT2D eigenvalue weighted by molar-refractivity contribution is 7.08. The topological polar surface area (TPSA) is 32.3 Å². The van der Waals surface area contributed by atoms with E-state index in [9.17, 15) is 4.79 Å². The molecule has 3 nitrogen and oxygen atoms in total. The molecule has 1 heterocycles. The first-order valence-corrected chi connectivity index (χ1v) is 8.75. The molecule has 0 unspecified atom stereocenters. The number of nitrogens with zero attached hydrogens (tertiary/aromatic N) is 1. The third-order valence-electron chi connectivity index (χ3n) is 3.91. The van der Waals surface area contributed by atoms with Crippen molar-refractivity contribution in [2.24, 2.45) is 0 Å². The molecule has 0 radical (unpaired) electrons. The second kappa shape index (κ2) is 7.32. The van der Waals surface area contributed by atoms with Crippen LogP contribution in [0.4, 0.5) is 5.69 Å². The molecule has 24 heavy (non-hydrogen) atoms. The minimum Gasteiger partial charge on any atom is -0.378 e. The van der Waals surface area contributed by atoms with Crippen LogP contribution in [-0.4, -0.2) is 20.0 Å². The number of hydrogen-bond donors (Lipinski definition) is 1. The Morgan fingerprint density at radius 2 is 1.92 bits per heavy atom. The molecule has 0 atom stereocenters. The Balaban J connectivity index is 1.75. The van der Waals surface area contributed by atoms with Gasteiger partial charge in [0.15, 0.2) is 0 Å². The second-order valence-corrected chi connectivity index (χ2v) is 6.58. The summed E-state index contributed by atoms with van der Waals surface area (Å²) in [5.74, 6) is -0.0566. The van der Waals surface area contributed by atoms with Crippen LogP contribution in [0.1, 0.15) is 15.9 Å². The van der Waals surface area contributed by atoms with Crippen LogP contribution in [0.5, 0.6) is 0 Å². The standard InChI is InChI=1S/C20H20N2OS/c1-22(2)18-8-5-7-15(12-18)20(23)21-13-16-6-3-4-9-19(16)17-10-11-24-14-17/h3-12,14H,13H2,1-2H3,(H,21,23). The highest BCUT2D eigenvalue weighted by Crippen LogP contribution is 2.25. The Kier molecular flexibility index (Phi) is 4.96. The summed E-state index contributed by atoms with van der Waals surface area (Å²) >= 11 is 1.68. The van der Waals surface area contributed by atoms with E-state index in [1.807, 2.05) is 55.4 Å². The van der Waals surface area contributed by atoms with Crippen molar-refractivity contribution in [1.29, 1.82) is 0 Å². The molecule has 0 fully saturated rings. The number of carbonyl (C=O) groups is 1. The lowest BCUT2D eigenvalue weighted by atomic mass is 10.0. The molecule has 3 aromatic rings. The number of carbonyl (C=O) groups excluding carboxylic acids is 1. The van der Waals surface area contributed by atoms with Gasteiger partial charge in [-0.05, 0) is 51.7 Å². The summed E-state index contributed by atoms with van der Waals surface area (Å²) in [7, 11) is 3.93. The summed E-state index contributed by atoms with van der Waals surface area (Å²) in [6.07, 6.45) is 0. The highest BCUT2D eigenvalue weighted by atomic mass is 32.1. The zero-order chi connectivity index (χ0) is 16.9. The van der Waals surface area contributed by atoms with Crippen LogP contribution in [0, 0.1) is 0 Å². The van der Waals surface area contributed by atoms with Gasteiger partial charge in [-0.1, -0.05) is 30.3 Å². The molecule has 2 aromatic carbocycles. The molecule has 0 aliphatic rings. The predicted octanol–water partition coefficient (Wildman–Crippen LogP) is 4.41. The van der Waals surface area contributed by atoms with Crippen LogP contribution in [0.15, 0.2) is 65.4 Å². The van der Waals surface area contributed by atoms with E-state index in [2.05, 4.69) is 34.3 Å². The first-order valence-electron chi connectivity index (χ1n) is 7.81. The lowest BCUT2D eigenvalue weighted by molar-refractivity contribution is 0.0951. The fourth-order valence-corrected chi connectivity index (χ4v) is 3.23. The lowest BCUT2D eigenvalue weighted by Crippen LogP contribution is -2.23. The van der Waals surface area contributed by atoms with Gasteiger partial charge in [-0.15, -0.1) is 0 Å². The smallest absolute Gasteiger partial charge is 0.251 e. The number of nitrogens with one attached hydrogen (secondary N) is 1. The Morgan fingerprint density at radius 1 is 1.08 bits per heavy atom. The van der Waals surface area contributed by atoms with E-state index in [1.165, 1.54) is 11.1 Å². The van der Waals surface area contributed by atoms with Crippen molar-refractivity contribution >= 4 is 22.9 Å². The summed E-state index contributed by atoms with van der Waals surface area (Å²) in [6, 6.07) is 17.9. The summed E-state index contributed by atoms with van der Waals surface area (Å²) in [4.78, 5) is 14.5. The summed E-state index contributed by atoms with van der Waals surface area (Å²) in [6.45, 7) is 0.511. The third kappa shape index (κ3) is 3.66. The maximum Gasteiger partial charge on any atom is 0.251 e. The number of rotatable bonds is 5. The quantitative estimate of drug-likeness (QED) is 0.748. The van der Waals surface area contributed by atoms with Crippen LogP contribution in [0.25, 0.3) is 11.1 Å². The van der Waals surface area contributed by atoms with Gasteiger partial charge in [0, 0.05) is 31.9 Å². The van der Waals surface area contributed by atoms with Crippen molar-refractivity contribution < 1.29 is 4.79 Å². The molecule has 3 rings (SSSR count). The van der Waals surface area contributed by atoms with E-state index < -0.39 is 0 Å². The largest absolute Gasteiger partial charge is 0.378 e. The minimum atomic E-state index is -0.0566. The normalized spacial score (nSPS) is 10.4. The van der Waals surface area contributed by atoms with Crippen molar-refractivity contribution in [3.8, 4) is 11.1 Å². The first kappa shape index (κ1) is 16.3. The predicted molar refractivity (Wildman–Crippen MR) is 102 cm³/mol. The van der Waals surface area contributed by atoms with Crippen molar-refractivity contribution in [3.63, 3.8) is 0 Å². The molecule has 0 spiro atoms. The Hall–Kier alpha value is -2.59. The average molecular weight is 336 g/mol. The Bertz CT molecular complexity index is 825. The van der Waals surface area contributed by atoms with Crippen molar-refractivity contribution in [2.45, 2.75) is 6.54 Å². The third-order valence-corrected chi connectivity index (χ3v) is 4.60. The highest BCUT2D eigenvalue weighted by Gasteiger charge is 2.09. The van der Waals surface area contributed by atoms with Crippen LogP contribution >= 0.6 is 11.3 Å². The van der Waals surface area contributed by atoms with E-state index in [-0.39, 0.29) is 5.91 Å². The molecule has 0 aliphatic carbocycles. The Morgan fingerprint density at radius 3 is 2.67 bits per heavy atom. The summed E-state index contributed by atoms with van der Waals surface area (Å²) < 4.78 is 0. The molecular formula is C20H20N2OS. The van der Waals surface area contributed by atoms with E-state index in [0.29, 0.717) is 12.1 Å². The number of hydrogen-bond acceptors (Lipinski definition) is 3. The van der Waals surface area contributed by atoms with Gasteiger partial charge >= 0.3 is 0 Å². The fourth-order valence-electron chi connectivity index (χ4n) is 2.58. The molecule has 4 heteroatoms. The van der Waals surface area contributed by atoms with E-state index in [0.717, 1.165) is 11.3 Å². The van der Waals surface area contributed by atoms with Crippen LogP contribution in [0.3, 0.4) is 0 Å². The van der Waals surface area contributed by atoms with E-state index in [1.54, 1.807) is 11.3 Å². The van der Waals surface area contributed by atoms with Gasteiger partial charge in [0.05, 0.1) is 0 Å². The monoisotopic (exact) mass is 336 g/mol. The van der Waals surface area contributed by atoms with Gasteiger partial charge in [-0.3, -0.25) is 4.79 Å². The summed E-state index contributed by atoms with van der Waals surface area (Å²) in [5.41, 5.74) is 5.17. The molecule has 1 aromatic heterocycles. The van der Waals surface area contributed by atoms with Gasteiger partial charge in [0.25, 0.3) is 5.91 Å². The zero-order valence-corrected chi connectivity index (χ0v) is 14.6. The van der Waals surface area contributed by atoms with Gasteiger partial charge in [0.2, 0.25) is 0 Å². The van der Waals surface area contributed by atoms with Gasteiger partial charge in [-0.25, -0.2) is 0 Å². The summed E-state index contributed by atoms with van der Waals surface area (Å²) in [5, 5.41) is 7.22. The van der Waals surface area contributed by atoms with Gasteiger partial charge < -0.3 is 10.2 Å². The molecule has 1 amide bonds. The first-order chi connectivity index (χ1) is 11.6. The average Bonchev–Trinajstić information content (AvgIpc) is 3.14. The second-order valence-electron chi connectivity index (χ2n) is 5.80. The molecule has 0 aliphatic heterocycles. The Labute approximate surface area is 146 Å². The minimum absolute atomic E-state index is 0.0566. The maximum absolute atomic E-state index is 12.5. The molecule has 0 saturated carbocycles. The maximum atomic E-state index is 12.5. The van der Waals surface area contributed by atoms with Crippen molar-refractivity contribution in [1.82, 2.24) is 5.32 Å². The number of benzene rings is 2. The van der Waals surface area contributed by atoms with Crippen LogP contribution in [0.2, 0.25) is 0 Å². The van der Waals surface area contributed by atoms with E-state index >= 15 is 0 Å². The lowest BCUT2D eigenvalue weighted by Gasteiger charge is -2.14. The zero-order valence-electron chi connectivity index (χ0n) is 13.8. The molecule has 1 N–H and O–H groups in total. The van der Waals surface area contributed by atoms with Gasteiger partial charge in [-0.2, -0.15) is 11.3 Å². The van der Waals surface area contributed by atoms with Gasteiger partial charge in [0.1, 0.15) is 0 Å². The molecular weight excluding hydrogens is 316 g/mol. The molecule has 0 saturated heterocycles. The fraction of sp³-hybridized carbons (Fsp3) is 0.150. The molecule has 0 bridgehead atoms. The SMILES string of the molecule is CN(C)c1cccc(C(=O)NCc2ccccc2-c2ccsc2)c1. The van der Waals surface area contributed by atoms with Crippen LogP contribution in [-0.2, 0) is 6.54 Å². The van der Waals surface area contributed by atoms with Crippen molar-refractivity contribution in [3.05, 3.63) is 76.5 Å². The number of thiophene rings is 1. The molecule has 122 valence electrons. The number of amides is 1. The van der Waals surface area contributed by atoms with E-state index in [4.69, 9.17) is 0 Å². The van der Waals surface area contributed by atoms with Crippen molar-refractivity contribution in [2.75, 3.05) is 19.0 Å². The van der Waals surface area contributed by atoms with Crippen LogP contribution < -0.4 is 10.2 Å². The number of anilines is 1.